The van der Waals surface area contributed by atoms with Crippen molar-refractivity contribution in [3.63, 3.8) is 0 Å². The Labute approximate surface area is 124 Å². The van der Waals surface area contributed by atoms with Crippen LogP contribution in [0.1, 0.15) is 31.2 Å². The quantitative estimate of drug-likeness (QED) is 0.809. The Bertz CT molecular complexity index is 502. The first-order valence-corrected chi connectivity index (χ1v) is 7.24. The van der Waals surface area contributed by atoms with Crippen LogP contribution in [0.5, 0.6) is 0 Å². The van der Waals surface area contributed by atoms with Crippen molar-refractivity contribution in [3.05, 3.63) is 35.9 Å². The van der Waals surface area contributed by atoms with Gasteiger partial charge in [0.2, 0.25) is 0 Å². The summed E-state index contributed by atoms with van der Waals surface area (Å²) in [6.45, 7) is 0.129. The van der Waals surface area contributed by atoms with E-state index in [-0.39, 0.29) is 13.2 Å². The van der Waals surface area contributed by atoms with E-state index in [0.717, 1.165) is 18.4 Å². The van der Waals surface area contributed by atoms with E-state index in [1.807, 2.05) is 30.3 Å². The molecule has 0 bridgehead atoms. The van der Waals surface area contributed by atoms with Crippen LogP contribution in [0.4, 0.5) is 0 Å². The number of aliphatic carboxylic acids is 1. The Morgan fingerprint density at radius 3 is 2.62 bits per heavy atom. The minimum atomic E-state index is -1.17. The van der Waals surface area contributed by atoms with Crippen LogP contribution in [0, 0.1) is 11.3 Å². The van der Waals surface area contributed by atoms with Crippen LogP contribution in [0.2, 0.25) is 0 Å². The number of carbonyl (C=O) groups is 2. The Morgan fingerprint density at radius 1 is 1.29 bits per heavy atom. The third kappa shape index (κ3) is 3.24. The van der Waals surface area contributed by atoms with E-state index in [4.69, 9.17) is 10.5 Å². The summed E-state index contributed by atoms with van der Waals surface area (Å²) in [7, 11) is 0. The van der Waals surface area contributed by atoms with Crippen molar-refractivity contribution in [3.8, 4) is 0 Å². The summed E-state index contributed by atoms with van der Waals surface area (Å²) < 4.78 is 5.32. The van der Waals surface area contributed by atoms with Gasteiger partial charge in [0.05, 0.1) is 11.3 Å². The molecular formula is C16H21NO4. The second-order valence-electron chi connectivity index (χ2n) is 5.56. The summed E-state index contributed by atoms with van der Waals surface area (Å²) in [5.41, 5.74) is 5.40. The maximum absolute atomic E-state index is 12.3. The molecule has 114 valence electrons. The van der Waals surface area contributed by atoms with E-state index in [9.17, 15) is 14.7 Å². The average Bonchev–Trinajstić information content (AvgIpc) is 2.53. The van der Waals surface area contributed by atoms with Crippen molar-refractivity contribution in [2.75, 3.05) is 6.54 Å². The lowest BCUT2D eigenvalue weighted by molar-refractivity contribution is -0.169. The SMILES string of the molecule is NCC1(C(=O)O)CCCCC1C(=O)OCc1ccccc1. The first-order chi connectivity index (χ1) is 10.1. The van der Waals surface area contributed by atoms with E-state index < -0.39 is 23.3 Å². The Kier molecular flexibility index (Phi) is 4.96. The number of esters is 1. The van der Waals surface area contributed by atoms with Crippen LogP contribution in [0.25, 0.3) is 0 Å². The number of benzene rings is 1. The number of ether oxygens (including phenoxy) is 1. The van der Waals surface area contributed by atoms with Crippen molar-refractivity contribution < 1.29 is 19.4 Å². The normalized spacial score (nSPS) is 25.3. The maximum atomic E-state index is 12.3. The van der Waals surface area contributed by atoms with Gasteiger partial charge < -0.3 is 15.6 Å². The van der Waals surface area contributed by atoms with E-state index in [0.29, 0.717) is 12.8 Å². The predicted octanol–water partition coefficient (Wildman–Crippen LogP) is 1.95. The Hall–Kier alpha value is -1.88. The minimum absolute atomic E-state index is 0.0343. The fourth-order valence-electron chi connectivity index (χ4n) is 3.00. The van der Waals surface area contributed by atoms with Crippen molar-refractivity contribution in [1.82, 2.24) is 0 Å². The van der Waals surface area contributed by atoms with Crippen molar-refractivity contribution in [2.24, 2.45) is 17.1 Å². The molecule has 0 amide bonds. The summed E-state index contributed by atoms with van der Waals surface area (Å²) in [5.74, 6) is -2.10. The number of hydrogen-bond donors (Lipinski definition) is 2. The Balaban J connectivity index is 2.07. The highest BCUT2D eigenvalue weighted by atomic mass is 16.5. The lowest BCUT2D eigenvalue weighted by atomic mass is 9.66. The summed E-state index contributed by atoms with van der Waals surface area (Å²) in [6, 6.07) is 9.34. The van der Waals surface area contributed by atoms with E-state index in [1.54, 1.807) is 0 Å². The number of carboxylic acids is 1. The van der Waals surface area contributed by atoms with Gasteiger partial charge in [-0.2, -0.15) is 0 Å². The highest BCUT2D eigenvalue weighted by molar-refractivity contribution is 5.84. The molecule has 0 aliphatic heterocycles. The van der Waals surface area contributed by atoms with Gasteiger partial charge in [-0.25, -0.2) is 0 Å². The third-order valence-electron chi connectivity index (χ3n) is 4.33. The fraction of sp³-hybridized carbons (Fsp3) is 0.500. The number of nitrogens with two attached hydrogens (primary N) is 1. The van der Waals surface area contributed by atoms with Crippen molar-refractivity contribution in [2.45, 2.75) is 32.3 Å². The molecule has 0 spiro atoms. The molecule has 3 N–H and O–H groups in total. The van der Waals surface area contributed by atoms with Gasteiger partial charge in [-0.3, -0.25) is 9.59 Å². The summed E-state index contributed by atoms with van der Waals surface area (Å²) in [5, 5.41) is 9.51. The molecule has 2 unspecified atom stereocenters. The van der Waals surface area contributed by atoms with E-state index >= 15 is 0 Å². The fourth-order valence-corrected chi connectivity index (χ4v) is 3.00. The molecule has 0 aromatic heterocycles. The summed E-state index contributed by atoms with van der Waals surface area (Å²) >= 11 is 0. The van der Waals surface area contributed by atoms with Crippen LogP contribution >= 0.6 is 0 Å². The van der Waals surface area contributed by atoms with Gasteiger partial charge in [-0.1, -0.05) is 43.2 Å². The molecule has 0 saturated heterocycles. The second-order valence-corrected chi connectivity index (χ2v) is 5.56. The van der Waals surface area contributed by atoms with E-state index in [1.165, 1.54) is 0 Å². The van der Waals surface area contributed by atoms with Crippen LogP contribution < -0.4 is 5.73 Å². The zero-order valence-electron chi connectivity index (χ0n) is 12.0. The average molecular weight is 291 g/mol. The summed E-state index contributed by atoms with van der Waals surface area (Å²) in [6.07, 6.45) is 2.58. The molecule has 0 heterocycles. The molecule has 2 atom stereocenters. The van der Waals surface area contributed by atoms with Crippen molar-refractivity contribution >= 4 is 11.9 Å². The van der Waals surface area contributed by atoms with Crippen LogP contribution in [-0.2, 0) is 20.9 Å². The molecule has 1 aromatic carbocycles. The van der Waals surface area contributed by atoms with E-state index in [2.05, 4.69) is 0 Å². The number of rotatable bonds is 5. The molecule has 1 saturated carbocycles. The number of carboxylic acid groups (broad SMARTS) is 1. The second kappa shape index (κ2) is 6.72. The van der Waals surface area contributed by atoms with Gasteiger partial charge >= 0.3 is 11.9 Å². The van der Waals surface area contributed by atoms with Crippen LogP contribution in [0.15, 0.2) is 30.3 Å². The lowest BCUT2D eigenvalue weighted by Gasteiger charge is -2.38. The van der Waals surface area contributed by atoms with Gasteiger partial charge in [0.1, 0.15) is 6.61 Å². The topological polar surface area (TPSA) is 89.6 Å². The lowest BCUT2D eigenvalue weighted by Crippen LogP contribution is -2.50. The third-order valence-corrected chi connectivity index (χ3v) is 4.33. The molecule has 5 nitrogen and oxygen atoms in total. The smallest absolute Gasteiger partial charge is 0.311 e. The number of hydrogen-bond acceptors (Lipinski definition) is 4. The molecule has 21 heavy (non-hydrogen) atoms. The molecule has 1 fully saturated rings. The molecule has 1 aliphatic carbocycles. The highest BCUT2D eigenvalue weighted by Gasteiger charge is 2.50. The Morgan fingerprint density at radius 2 is 2.00 bits per heavy atom. The zero-order chi connectivity index (χ0) is 15.3. The van der Waals surface area contributed by atoms with Gasteiger partial charge in [-0.05, 0) is 18.4 Å². The first kappa shape index (κ1) is 15.5. The minimum Gasteiger partial charge on any atom is -0.481 e. The van der Waals surface area contributed by atoms with Crippen molar-refractivity contribution in [1.29, 1.82) is 0 Å². The molecule has 5 heteroatoms. The molecular weight excluding hydrogens is 270 g/mol. The first-order valence-electron chi connectivity index (χ1n) is 7.24. The molecule has 1 aromatic rings. The van der Waals surface area contributed by atoms with Gasteiger partial charge in [0, 0.05) is 6.54 Å². The van der Waals surface area contributed by atoms with Crippen LogP contribution in [-0.4, -0.2) is 23.6 Å². The summed E-state index contributed by atoms with van der Waals surface area (Å²) in [4.78, 5) is 23.9. The molecule has 2 rings (SSSR count). The van der Waals surface area contributed by atoms with Gasteiger partial charge in [-0.15, -0.1) is 0 Å². The number of carbonyl (C=O) groups excluding carboxylic acids is 1. The predicted molar refractivity (Wildman–Crippen MR) is 77.3 cm³/mol. The highest BCUT2D eigenvalue weighted by Crippen LogP contribution is 2.41. The van der Waals surface area contributed by atoms with Gasteiger partial charge in [0.15, 0.2) is 0 Å². The monoisotopic (exact) mass is 291 g/mol. The standard InChI is InChI=1S/C16H21NO4/c17-11-16(15(19)20)9-5-4-8-13(16)14(18)21-10-12-6-2-1-3-7-12/h1-3,6-7,13H,4-5,8-11,17H2,(H,19,20). The molecule has 0 radical (unpaired) electrons. The largest absolute Gasteiger partial charge is 0.481 e. The zero-order valence-corrected chi connectivity index (χ0v) is 12.0. The maximum Gasteiger partial charge on any atom is 0.311 e. The molecule has 1 aliphatic rings. The van der Waals surface area contributed by atoms with Crippen LogP contribution in [0.3, 0.4) is 0 Å². The van der Waals surface area contributed by atoms with Gasteiger partial charge in [0.25, 0.3) is 0 Å².